The van der Waals surface area contributed by atoms with Crippen LogP contribution in [0.2, 0.25) is 0 Å². The summed E-state index contributed by atoms with van der Waals surface area (Å²) in [7, 11) is 0. The van der Waals surface area contributed by atoms with E-state index < -0.39 is 0 Å². The SMILES string of the molecule is Cc1ccc(C(=O)N/N=C/c2ccc(O)cc2)cc1C. The van der Waals surface area contributed by atoms with Gasteiger partial charge in [0.2, 0.25) is 0 Å². The van der Waals surface area contributed by atoms with E-state index in [9.17, 15) is 4.79 Å². The molecule has 0 aliphatic rings. The predicted octanol–water partition coefficient (Wildman–Crippen LogP) is 2.77. The molecule has 2 aromatic carbocycles. The lowest BCUT2D eigenvalue weighted by molar-refractivity contribution is 0.0955. The van der Waals surface area contributed by atoms with E-state index in [0.717, 1.165) is 16.7 Å². The summed E-state index contributed by atoms with van der Waals surface area (Å²) in [5, 5.41) is 13.0. The Morgan fingerprint density at radius 1 is 1.10 bits per heavy atom. The second-order valence-electron chi connectivity index (χ2n) is 4.59. The molecule has 4 heteroatoms. The zero-order chi connectivity index (χ0) is 14.5. The first kappa shape index (κ1) is 13.8. The lowest BCUT2D eigenvalue weighted by Crippen LogP contribution is -2.17. The van der Waals surface area contributed by atoms with Crippen molar-refractivity contribution in [3.63, 3.8) is 0 Å². The number of hydrazone groups is 1. The van der Waals surface area contributed by atoms with Crippen molar-refractivity contribution >= 4 is 12.1 Å². The van der Waals surface area contributed by atoms with E-state index in [-0.39, 0.29) is 11.7 Å². The van der Waals surface area contributed by atoms with Crippen molar-refractivity contribution in [2.45, 2.75) is 13.8 Å². The Bertz CT molecular complexity index is 646. The van der Waals surface area contributed by atoms with Crippen LogP contribution in [0.3, 0.4) is 0 Å². The minimum absolute atomic E-state index is 0.196. The molecule has 0 spiro atoms. The van der Waals surface area contributed by atoms with Crippen LogP contribution in [0, 0.1) is 13.8 Å². The summed E-state index contributed by atoms with van der Waals surface area (Å²) >= 11 is 0. The second-order valence-corrected chi connectivity index (χ2v) is 4.59. The summed E-state index contributed by atoms with van der Waals surface area (Å²) in [6.45, 7) is 3.96. The molecule has 0 aliphatic heterocycles. The monoisotopic (exact) mass is 268 g/mol. The largest absolute Gasteiger partial charge is 0.508 e. The maximum Gasteiger partial charge on any atom is 0.271 e. The molecular weight excluding hydrogens is 252 g/mol. The van der Waals surface area contributed by atoms with Crippen LogP contribution >= 0.6 is 0 Å². The maximum atomic E-state index is 11.9. The topological polar surface area (TPSA) is 61.7 Å². The van der Waals surface area contributed by atoms with Crippen LogP contribution in [0.4, 0.5) is 0 Å². The third kappa shape index (κ3) is 3.45. The van der Waals surface area contributed by atoms with Gasteiger partial charge >= 0.3 is 0 Å². The fraction of sp³-hybridized carbons (Fsp3) is 0.125. The molecule has 0 radical (unpaired) electrons. The highest BCUT2D eigenvalue weighted by molar-refractivity contribution is 5.95. The van der Waals surface area contributed by atoms with Crippen LogP contribution in [0.15, 0.2) is 47.6 Å². The van der Waals surface area contributed by atoms with Gasteiger partial charge in [0.05, 0.1) is 6.21 Å². The van der Waals surface area contributed by atoms with Gasteiger partial charge in [0.1, 0.15) is 5.75 Å². The first-order valence-corrected chi connectivity index (χ1v) is 6.26. The smallest absolute Gasteiger partial charge is 0.271 e. The molecule has 0 unspecified atom stereocenters. The fourth-order valence-corrected chi connectivity index (χ4v) is 1.67. The summed E-state index contributed by atoms with van der Waals surface area (Å²) in [6.07, 6.45) is 1.53. The van der Waals surface area contributed by atoms with Gasteiger partial charge in [-0.25, -0.2) is 5.43 Å². The molecule has 0 atom stereocenters. The molecular formula is C16H16N2O2. The zero-order valence-corrected chi connectivity index (χ0v) is 11.4. The van der Waals surface area contributed by atoms with Crippen molar-refractivity contribution in [1.29, 1.82) is 0 Å². The summed E-state index contributed by atoms with van der Waals surface area (Å²) in [6, 6.07) is 12.1. The molecule has 2 N–H and O–H groups in total. The number of benzene rings is 2. The van der Waals surface area contributed by atoms with Gasteiger partial charge in [0.15, 0.2) is 0 Å². The molecule has 102 valence electrons. The molecule has 0 saturated carbocycles. The minimum atomic E-state index is -0.247. The van der Waals surface area contributed by atoms with Gasteiger partial charge in [-0.2, -0.15) is 5.10 Å². The maximum absolute atomic E-state index is 11.9. The zero-order valence-electron chi connectivity index (χ0n) is 11.4. The van der Waals surface area contributed by atoms with E-state index in [4.69, 9.17) is 5.11 Å². The number of phenols is 1. The third-order valence-corrected chi connectivity index (χ3v) is 3.04. The lowest BCUT2D eigenvalue weighted by Gasteiger charge is -2.03. The van der Waals surface area contributed by atoms with Crippen molar-refractivity contribution in [1.82, 2.24) is 5.43 Å². The van der Waals surface area contributed by atoms with Gasteiger partial charge in [-0.05, 0) is 66.9 Å². The van der Waals surface area contributed by atoms with Crippen LogP contribution in [0.5, 0.6) is 5.75 Å². The van der Waals surface area contributed by atoms with Gasteiger partial charge < -0.3 is 5.11 Å². The fourth-order valence-electron chi connectivity index (χ4n) is 1.67. The Balaban J connectivity index is 2.01. The number of nitrogens with zero attached hydrogens (tertiary/aromatic N) is 1. The average molecular weight is 268 g/mol. The first-order chi connectivity index (χ1) is 9.56. The molecule has 4 nitrogen and oxygen atoms in total. The molecule has 2 aromatic rings. The van der Waals surface area contributed by atoms with E-state index in [1.165, 1.54) is 6.21 Å². The number of phenolic OH excluding ortho intramolecular Hbond substituents is 1. The van der Waals surface area contributed by atoms with Crippen molar-refractivity contribution in [3.8, 4) is 5.75 Å². The lowest BCUT2D eigenvalue weighted by atomic mass is 10.1. The third-order valence-electron chi connectivity index (χ3n) is 3.04. The van der Waals surface area contributed by atoms with Crippen LogP contribution in [-0.2, 0) is 0 Å². The number of hydrogen-bond donors (Lipinski definition) is 2. The summed E-state index contributed by atoms with van der Waals surface area (Å²) in [5.41, 5.74) is 6.07. The Hall–Kier alpha value is -2.62. The molecule has 0 saturated heterocycles. The van der Waals surface area contributed by atoms with E-state index in [0.29, 0.717) is 5.56 Å². The van der Waals surface area contributed by atoms with E-state index in [2.05, 4.69) is 10.5 Å². The Morgan fingerprint density at radius 2 is 1.80 bits per heavy atom. The predicted molar refractivity (Wildman–Crippen MR) is 79.1 cm³/mol. The van der Waals surface area contributed by atoms with Crippen molar-refractivity contribution in [3.05, 3.63) is 64.7 Å². The quantitative estimate of drug-likeness (QED) is 0.664. The number of nitrogens with one attached hydrogen (secondary N) is 1. The van der Waals surface area contributed by atoms with Crippen molar-refractivity contribution in [2.75, 3.05) is 0 Å². The van der Waals surface area contributed by atoms with Crippen LogP contribution in [0.1, 0.15) is 27.0 Å². The molecule has 0 heterocycles. The second kappa shape index (κ2) is 6.02. The van der Waals surface area contributed by atoms with Crippen molar-refractivity contribution in [2.24, 2.45) is 5.10 Å². The number of carbonyl (C=O) groups is 1. The Morgan fingerprint density at radius 3 is 2.45 bits per heavy atom. The normalized spacial score (nSPS) is 10.7. The Labute approximate surface area is 117 Å². The number of aromatic hydroxyl groups is 1. The molecule has 0 bridgehead atoms. The van der Waals surface area contributed by atoms with Gasteiger partial charge in [-0.3, -0.25) is 4.79 Å². The van der Waals surface area contributed by atoms with Crippen LogP contribution in [0.25, 0.3) is 0 Å². The number of rotatable bonds is 3. The molecule has 1 amide bonds. The number of hydrogen-bond acceptors (Lipinski definition) is 3. The van der Waals surface area contributed by atoms with E-state index in [1.54, 1.807) is 30.3 Å². The minimum Gasteiger partial charge on any atom is -0.508 e. The number of aryl methyl sites for hydroxylation is 2. The molecule has 2 rings (SSSR count). The average Bonchev–Trinajstić information content (AvgIpc) is 2.44. The standard InChI is InChI=1S/C16H16N2O2/c1-11-3-6-14(9-12(11)2)16(20)18-17-10-13-4-7-15(19)8-5-13/h3-10,19H,1-2H3,(H,18,20)/b17-10+. The summed E-state index contributed by atoms with van der Waals surface area (Å²) < 4.78 is 0. The molecule has 0 aliphatic carbocycles. The number of amides is 1. The van der Waals surface area contributed by atoms with E-state index in [1.807, 2.05) is 26.0 Å². The summed E-state index contributed by atoms with van der Waals surface area (Å²) in [4.78, 5) is 11.9. The van der Waals surface area contributed by atoms with Crippen LogP contribution in [-0.4, -0.2) is 17.2 Å². The summed E-state index contributed by atoms with van der Waals surface area (Å²) in [5.74, 6) is -0.0514. The highest BCUT2D eigenvalue weighted by Gasteiger charge is 2.04. The number of carbonyl (C=O) groups excluding carboxylic acids is 1. The van der Waals surface area contributed by atoms with E-state index >= 15 is 0 Å². The van der Waals surface area contributed by atoms with Crippen molar-refractivity contribution < 1.29 is 9.90 Å². The Kier molecular flexibility index (Phi) is 4.15. The van der Waals surface area contributed by atoms with Crippen LogP contribution < -0.4 is 5.43 Å². The first-order valence-electron chi connectivity index (χ1n) is 6.26. The highest BCUT2D eigenvalue weighted by Crippen LogP contribution is 2.10. The van der Waals surface area contributed by atoms with Gasteiger partial charge in [0.25, 0.3) is 5.91 Å². The molecule has 20 heavy (non-hydrogen) atoms. The van der Waals surface area contributed by atoms with Gasteiger partial charge in [0, 0.05) is 5.56 Å². The van der Waals surface area contributed by atoms with Gasteiger partial charge in [-0.1, -0.05) is 6.07 Å². The van der Waals surface area contributed by atoms with Gasteiger partial charge in [-0.15, -0.1) is 0 Å². The molecule has 0 fully saturated rings. The highest BCUT2D eigenvalue weighted by atomic mass is 16.3. The molecule has 0 aromatic heterocycles.